The van der Waals surface area contributed by atoms with Crippen molar-refractivity contribution in [3.8, 4) is 11.3 Å². The number of furan rings is 1. The lowest BCUT2D eigenvalue weighted by Gasteiger charge is -2.10. The van der Waals surface area contributed by atoms with E-state index in [2.05, 4.69) is 42.2 Å². The van der Waals surface area contributed by atoms with E-state index in [4.69, 9.17) is 15.1 Å². The largest absolute Gasteiger partial charge is 0.464 e. The molecule has 4 rings (SSSR count). The Morgan fingerprint density at radius 1 is 1.17 bits per heavy atom. The zero-order valence-electron chi connectivity index (χ0n) is 13.8. The van der Waals surface area contributed by atoms with Crippen LogP contribution in [0.25, 0.3) is 33.3 Å². The Morgan fingerprint density at radius 3 is 2.88 bits per heavy atom. The van der Waals surface area contributed by atoms with Gasteiger partial charge in [0.05, 0.1) is 12.0 Å². The van der Waals surface area contributed by atoms with Crippen molar-refractivity contribution in [1.29, 1.82) is 0 Å². The molecular weight excluding hydrogens is 298 g/mol. The number of nitrogens with two attached hydrogens (primary N) is 1. The van der Waals surface area contributed by atoms with Crippen molar-refractivity contribution in [1.82, 2.24) is 9.97 Å². The molecule has 0 saturated carbocycles. The van der Waals surface area contributed by atoms with E-state index in [1.807, 2.05) is 12.1 Å². The Bertz CT molecular complexity index is 969. The van der Waals surface area contributed by atoms with Crippen molar-refractivity contribution in [2.24, 2.45) is 5.73 Å². The van der Waals surface area contributed by atoms with Crippen LogP contribution < -0.4 is 5.73 Å². The summed E-state index contributed by atoms with van der Waals surface area (Å²) in [7, 11) is 0. The Morgan fingerprint density at radius 2 is 2.08 bits per heavy atom. The molecule has 3 aromatic heterocycles. The summed E-state index contributed by atoms with van der Waals surface area (Å²) in [5, 5.41) is 2.27. The fraction of sp³-hybridized carbons (Fsp3) is 0.250. The molecule has 3 N–H and O–H groups in total. The maximum atomic E-state index is 6.27. The molecule has 3 heterocycles. The lowest BCUT2D eigenvalue weighted by Crippen LogP contribution is -2.11. The number of hydrogen-bond acceptors (Lipinski definition) is 3. The number of benzene rings is 1. The van der Waals surface area contributed by atoms with Crippen LogP contribution in [0.5, 0.6) is 0 Å². The molecule has 0 aliphatic rings. The number of rotatable bonds is 5. The highest BCUT2D eigenvalue weighted by atomic mass is 16.3. The molecule has 24 heavy (non-hydrogen) atoms. The minimum Gasteiger partial charge on any atom is -0.464 e. The highest BCUT2D eigenvalue weighted by Gasteiger charge is 2.12. The highest BCUT2D eigenvalue weighted by molar-refractivity contribution is 6.07. The number of H-pyrrole nitrogens is 1. The number of aromatic amines is 1. The second kappa shape index (κ2) is 6.13. The van der Waals surface area contributed by atoms with Gasteiger partial charge in [-0.3, -0.25) is 0 Å². The van der Waals surface area contributed by atoms with Gasteiger partial charge in [-0.15, -0.1) is 0 Å². The first-order valence-corrected chi connectivity index (χ1v) is 8.48. The van der Waals surface area contributed by atoms with Crippen LogP contribution in [-0.4, -0.2) is 9.97 Å². The average Bonchev–Trinajstić information content (AvgIpc) is 3.25. The molecule has 1 atom stereocenters. The Labute approximate surface area is 140 Å². The van der Waals surface area contributed by atoms with Crippen molar-refractivity contribution in [3.05, 3.63) is 54.4 Å². The van der Waals surface area contributed by atoms with E-state index in [9.17, 15) is 0 Å². The van der Waals surface area contributed by atoms with Crippen LogP contribution in [0, 0.1) is 0 Å². The maximum Gasteiger partial charge on any atom is 0.138 e. The normalized spacial score (nSPS) is 12.9. The van der Waals surface area contributed by atoms with Gasteiger partial charge in [0.25, 0.3) is 0 Å². The van der Waals surface area contributed by atoms with Crippen molar-refractivity contribution >= 4 is 21.9 Å². The highest BCUT2D eigenvalue weighted by Crippen LogP contribution is 2.30. The molecule has 122 valence electrons. The van der Waals surface area contributed by atoms with Crippen LogP contribution in [0.2, 0.25) is 0 Å². The summed E-state index contributed by atoms with van der Waals surface area (Å²) in [5.41, 5.74) is 10.3. The Balaban J connectivity index is 1.77. The first kappa shape index (κ1) is 15.0. The van der Waals surface area contributed by atoms with E-state index in [1.54, 1.807) is 6.26 Å². The smallest absolute Gasteiger partial charge is 0.138 e. The molecule has 1 aromatic carbocycles. The second-order valence-electron chi connectivity index (χ2n) is 6.24. The van der Waals surface area contributed by atoms with Gasteiger partial charge in [0, 0.05) is 27.9 Å². The minimum absolute atomic E-state index is 0.000517. The number of hydrogen-bond donors (Lipinski definition) is 2. The van der Waals surface area contributed by atoms with Gasteiger partial charge >= 0.3 is 0 Å². The van der Waals surface area contributed by atoms with Gasteiger partial charge in [-0.2, -0.15) is 0 Å². The van der Waals surface area contributed by atoms with Gasteiger partial charge in [-0.25, -0.2) is 4.98 Å². The summed E-state index contributed by atoms with van der Waals surface area (Å²) in [4.78, 5) is 8.16. The van der Waals surface area contributed by atoms with Crippen LogP contribution in [-0.2, 0) is 0 Å². The summed E-state index contributed by atoms with van der Waals surface area (Å²) in [5.74, 6) is 0.873. The van der Waals surface area contributed by atoms with Crippen molar-refractivity contribution in [3.63, 3.8) is 0 Å². The molecule has 0 spiro atoms. The molecule has 0 amide bonds. The van der Waals surface area contributed by atoms with E-state index < -0.39 is 0 Å². The van der Waals surface area contributed by atoms with Gasteiger partial charge in [0.15, 0.2) is 0 Å². The van der Waals surface area contributed by atoms with Crippen LogP contribution in [0.4, 0.5) is 0 Å². The van der Waals surface area contributed by atoms with Gasteiger partial charge < -0.3 is 15.1 Å². The molecule has 0 aliphatic heterocycles. The fourth-order valence-electron chi connectivity index (χ4n) is 3.17. The van der Waals surface area contributed by atoms with E-state index >= 15 is 0 Å². The number of unbranched alkanes of at least 4 members (excludes halogenated alkanes) is 1. The van der Waals surface area contributed by atoms with Crippen LogP contribution >= 0.6 is 0 Å². The number of pyridine rings is 1. The monoisotopic (exact) mass is 319 g/mol. The number of fused-ring (bicyclic) bond motifs is 3. The summed E-state index contributed by atoms with van der Waals surface area (Å²) >= 11 is 0. The van der Waals surface area contributed by atoms with E-state index in [0.29, 0.717) is 0 Å². The van der Waals surface area contributed by atoms with Gasteiger partial charge in [0.2, 0.25) is 0 Å². The van der Waals surface area contributed by atoms with Crippen molar-refractivity contribution in [2.45, 2.75) is 32.2 Å². The predicted octanol–water partition coefficient (Wildman–Crippen LogP) is 5.17. The summed E-state index contributed by atoms with van der Waals surface area (Å²) in [6.07, 6.45) is 4.94. The van der Waals surface area contributed by atoms with E-state index in [-0.39, 0.29) is 6.04 Å². The minimum atomic E-state index is -0.000517. The maximum absolute atomic E-state index is 6.27. The molecule has 4 aromatic rings. The lowest BCUT2D eigenvalue weighted by atomic mass is 10.1. The number of aromatic nitrogens is 2. The standard InChI is InChI=1S/C20H21N3O/c1-2-3-5-16(21)18-10-8-14-15-12-13(19-6-4-11-24-19)7-9-17(15)22-20(14)23-18/h4,6-12,16H,2-3,5,21H2,1H3,(H,22,23). The molecule has 0 radical (unpaired) electrons. The SMILES string of the molecule is CCCCC(N)c1ccc2c(n1)[nH]c1ccc(-c3ccco3)cc12. The first-order chi connectivity index (χ1) is 11.8. The molecular formula is C20H21N3O. The second-order valence-corrected chi connectivity index (χ2v) is 6.24. The van der Waals surface area contributed by atoms with E-state index in [1.165, 1.54) is 0 Å². The summed E-state index contributed by atoms with van der Waals surface area (Å²) in [6, 6.07) is 14.3. The zero-order valence-corrected chi connectivity index (χ0v) is 13.8. The average molecular weight is 319 g/mol. The molecule has 0 saturated heterocycles. The van der Waals surface area contributed by atoms with Crippen LogP contribution in [0.1, 0.15) is 37.9 Å². The van der Waals surface area contributed by atoms with Gasteiger partial charge in [0.1, 0.15) is 11.4 Å². The fourth-order valence-corrected chi connectivity index (χ4v) is 3.17. The summed E-state index contributed by atoms with van der Waals surface area (Å²) < 4.78 is 5.50. The van der Waals surface area contributed by atoms with Crippen LogP contribution in [0.15, 0.2) is 53.1 Å². The number of nitrogens with zero attached hydrogens (tertiary/aromatic N) is 1. The molecule has 4 nitrogen and oxygen atoms in total. The van der Waals surface area contributed by atoms with E-state index in [0.717, 1.165) is 58.2 Å². The molecule has 0 bridgehead atoms. The van der Waals surface area contributed by atoms with Crippen molar-refractivity contribution < 1.29 is 4.42 Å². The third kappa shape index (κ3) is 2.59. The van der Waals surface area contributed by atoms with Crippen LogP contribution in [0.3, 0.4) is 0 Å². The third-order valence-corrected chi connectivity index (χ3v) is 4.53. The van der Waals surface area contributed by atoms with Gasteiger partial charge in [-0.1, -0.05) is 19.8 Å². The lowest BCUT2D eigenvalue weighted by molar-refractivity contribution is 0.582. The van der Waals surface area contributed by atoms with Gasteiger partial charge in [-0.05, 0) is 48.9 Å². The molecule has 4 heteroatoms. The molecule has 0 fully saturated rings. The quantitative estimate of drug-likeness (QED) is 0.533. The Hall–Kier alpha value is -2.59. The molecule has 0 aliphatic carbocycles. The summed E-state index contributed by atoms with van der Waals surface area (Å²) in [6.45, 7) is 2.18. The predicted molar refractivity (Wildman–Crippen MR) is 97.8 cm³/mol. The number of nitrogens with one attached hydrogen (secondary N) is 1. The topological polar surface area (TPSA) is 67.8 Å². The zero-order chi connectivity index (χ0) is 16.5. The van der Waals surface area contributed by atoms with Crippen molar-refractivity contribution in [2.75, 3.05) is 0 Å². The third-order valence-electron chi connectivity index (χ3n) is 4.53. The molecule has 1 unspecified atom stereocenters. The Kier molecular flexibility index (Phi) is 3.82. The first-order valence-electron chi connectivity index (χ1n) is 8.48.